The number of thioether (sulfide) groups is 1. The third-order valence-electron chi connectivity index (χ3n) is 5.15. The van der Waals surface area contributed by atoms with E-state index in [2.05, 4.69) is 38.5 Å². The van der Waals surface area contributed by atoms with Crippen molar-refractivity contribution in [2.45, 2.75) is 13.5 Å². The van der Waals surface area contributed by atoms with E-state index in [0.29, 0.717) is 51.7 Å². The number of para-hydroxylation sites is 1. The molecule has 1 fully saturated rings. The number of halogens is 3. The van der Waals surface area contributed by atoms with Gasteiger partial charge in [-0.05, 0) is 111 Å². The summed E-state index contributed by atoms with van der Waals surface area (Å²) in [6, 6.07) is 21.4. The van der Waals surface area contributed by atoms with Gasteiger partial charge in [-0.2, -0.15) is 0 Å². The highest BCUT2D eigenvalue weighted by Crippen LogP contribution is 2.38. The van der Waals surface area contributed by atoms with Crippen molar-refractivity contribution in [1.82, 2.24) is 4.90 Å². The van der Waals surface area contributed by atoms with Gasteiger partial charge in [0.2, 0.25) is 0 Å². The molecule has 1 aliphatic rings. The van der Waals surface area contributed by atoms with Crippen LogP contribution in [-0.2, 0) is 16.1 Å². The van der Waals surface area contributed by atoms with Crippen LogP contribution in [0, 0.1) is 3.57 Å². The third-order valence-corrected chi connectivity index (χ3v) is 7.74. The summed E-state index contributed by atoms with van der Waals surface area (Å²) < 4.78 is 13.3. The second kappa shape index (κ2) is 13.1. The van der Waals surface area contributed by atoms with Gasteiger partial charge in [-0.15, -0.1) is 0 Å². The number of hydrogen-bond acceptors (Lipinski definition) is 5. The minimum Gasteiger partial charge on any atom is -0.486 e. The molecule has 0 radical (unpaired) electrons. The highest BCUT2D eigenvalue weighted by molar-refractivity contribution is 14.1. The Hall–Kier alpha value is -1.85. The summed E-state index contributed by atoms with van der Waals surface area (Å²) in [5.41, 5.74) is 2.63. The molecular formula is C27H23BrClIN2O3S. The van der Waals surface area contributed by atoms with Gasteiger partial charge in [0.1, 0.15) is 6.61 Å². The summed E-state index contributed by atoms with van der Waals surface area (Å²) >= 11 is 13.8. The number of ether oxygens (including phenoxy) is 2. The van der Waals surface area contributed by atoms with E-state index in [1.807, 2.05) is 73.7 Å². The van der Waals surface area contributed by atoms with E-state index < -0.39 is 0 Å². The Morgan fingerprint density at radius 1 is 1.14 bits per heavy atom. The molecule has 5 nitrogen and oxygen atoms in total. The van der Waals surface area contributed by atoms with Gasteiger partial charge in [-0.25, -0.2) is 4.99 Å². The minimum atomic E-state index is -0.110. The number of carbonyl (C=O) groups excluding carboxylic acids is 1. The molecule has 1 saturated heterocycles. The lowest BCUT2D eigenvalue weighted by atomic mass is 10.2. The van der Waals surface area contributed by atoms with E-state index in [1.165, 1.54) is 15.3 Å². The molecule has 4 rings (SSSR count). The van der Waals surface area contributed by atoms with Crippen molar-refractivity contribution in [2.75, 3.05) is 19.8 Å². The van der Waals surface area contributed by atoms with Crippen LogP contribution in [0.3, 0.4) is 0 Å². The minimum absolute atomic E-state index is 0.110. The number of rotatable bonds is 9. The van der Waals surface area contributed by atoms with E-state index >= 15 is 0 Å². The van der Waals surface area contributed by atoms with Crippen molar-refractivity contribution in [1.29, 1.82) is 0 Å². The van der Waals surface area contributed by atoms with Crippen LogP contribution in [-0.4, -0.2) is 35.7 Å². The zero-order valence-corrected chi connectivity index (χ0v) is 24.7. The number of carbonyl (C=O) groups is 1. The molecule has 0 saturated carbocycles. The van der Waals surface area contributed by atoms with Crippen LogP contribution in [0.5, 0.6) is 5.75 Å². The lowest BCUT2D eigenvalue weighted by Crippen LogP contribution is -2.32. The predicted molar refractivity (Wildman–Crippen MR) is 160 cm³/mol. The average molecular weight is 698 g/mol. The van der Waals surface area contributed by atoms with Gasteiger partial charge < -0.3 is 9.47 Å². The summed E-state index contributed by atoms with van der Waals surface area (Å²) in [6.07, 6.45) is 1.83. The molecule has 0 unspecified atom stereocenters. The molecule has 0 aliphatic carbocycles. The van der Waals surface area contributed by atoms with Gasteiger partial charge in [-0.1, -0.05) is 41.9 Å². The Bertz CT molecular complexity index is 1260. The maximum atomic E-state index is 13.3. The molecule has 0 N–H and O–H groups in total. The highest BCUT2D eigenvalue weighted by atomic mass is 127. The molecule has 0 spiro atoms. The summed E-state index contributed by atoms with van der Waals surface area (Å²) in [5, 5.41) is 1.09. The molecule has 0 aromatic heterocycles. The molecule has 0 bridgehead atoms. The van der Waals surface area contributed by atoms with Crippen LogP contribution in [0.25, 0.3) is 6.08 Å². The molecule has 9 heteroatoms. The molecule has 0 atom stereocenters. The van der Waals surface area contributed by atoms with Crippen LogP contribution in [0.15, 0.2) is 81.1 Å². The summed E-state index contributed by atoms with van der Waals surface area (Å²) in [4.78, 5) is 20.2. The fourth-order valence-corrected chi connectivity index (χ4v) is 5.76. The number of amides is 1. The zero-order chi connectivity index (χ0) is 25.5. The fourth-order valence-electron chi connectivity index (χ4n) is 3.39. The number of benzene rings is 3. The normalized spacial score (nSPS) is 15.8. The van der Waals surface area contributed by atoms with Crippen molar-refractivity contribution < 1.29 is 14.3 Å². The van der Waals surface area contributed by atoms with Crippen LogP contribution < -0.4 is 4.74 Å². The van der Waals surface area contributed by atoms with Crippen LogP contribution in [0.2, 0.25) is 5.02 Å². The zero-order valence-electron chi connectivity index (χ0n) is 19.4. The Kier molecular flexibility index (Phi) is 9.89. The Labute approximate surface area is 242 Å². The third kappa shape index (κ3) is 7.13. The first-order chi connectivity index (χ1) is 17.4. The summed E-state index contributed by atoms with van der Waals surface area (Å²) in [7, 11) is 0. The first-order valence-electron chi connectivity index (χ1n) is 11.2. The van der Waals surface area contributed by atoms with Gasteiger partial charge in [0.25, 0.3) is 5.91 Å². The first-order valence-corrected chi connectivity index (χ1v) is 14.3. The van der Waals surface area contributed by atoms with Crippen molar-refractivity contribution in [3.8, 4) is 5.75 Å². The molecule has 1 heterocycles. The largest absolute Gasteiger partial charge is 0.486 e. The van der Waals surface area contributed by atoms with E-state index in [4.69, 9.17) is 26.1 Å². The standard InChI is InChI=1S/C27H23BrClIN2O3S/c1-2-34-13-12-32-26(33)24(36-27(32)31-21-6-4-3-5-7-21)16-19-14-22(28)25(23(29)15-19)35-17-18-8-10-20(30)11-9-18/h3-11,14-16H,2,12-13,17H2,1H3/b24-16-,31-27?. The molecule has 1 amide bonds. The van der Waals surface area contributed by atoms with Crippen LogP contribution >= 0.6 is 61.9 Å². The molecule has 3 aromatic rings. The van der Waals surface area contributed by atoms with Crippen LogP contribution in [0.1, 0.15) is 18.1 Å². The quantitative estimate of drug-likeness (QED) is 0.130. The van der Waals surface area contributed by atoms with Gasteiger partial charge in [0, 0.05) is 10.2 Å². The average Bonchev–Trinajstić information content (AvgIpc) is 3.14. The van der Waals surface area contributed by atoms with Crippen molar-refractivity contribution in [3.63, 3.8) is 0 Å². The Morgan fingerprint density at radius 2 is 1.89 bits per heavy atom. The molecule has 36 heavy (non-hydrogen) atoms. The van der Waals surface area contributed by atoms with Crippen molar-refractivity contribution in [3.05, 3.63) is 95.8 Å². The topological polar surface area (TPSA) is 51.1 Å². The van der Waals surface area contributed by atoms with Crippen LogP contribution in [0.4, 0.5) is 5.69 Å². The first kappa shape index (κ1) is 27.2. The van der Waals surface area contributed by atoms with E-state index in [-0.39, 0.29) is 5.91 Å². The van der Waals surface area contributed by atoms with Gasteiger partial charge >= 0.3 is 0 Å². The van der Waals surface area contributed by atoms with Gasteiger partial charge in [-0.3, -0.25) is 9.69 Å². The molecule has 1 aliphatic heterocycles. The van der Waals surface area contributed by atoms with E-state index in [1.54, 1.807) is 11.0 Å². The monoisotopic (exact) mass is 696 g/mol. The second-order valence-electron chi connectivity index (χ2n) is 7.72. The molecule has 3 aromatic carbocycles. The van der Waals surface area contributed by atoms with Gasteiger partial charge in [0.15, 0.2) is 10.9 Å². The summed E-state index contributed by atoms with van der Waals surface area (Å²) in [5.74, 6) is 0.452. The smallest absolute Gasteiger partial charge is 0.266 e. The molecular weight excluding hydrogens is 675 g/mol. The van der Waals surface area contributed by atoms with E-state index in [0.717, 1.165) is 16.8 Å². The second-order valence-corrected chi connectivity index (χ2v) is 11.2. The van der Waals surface area contributed by atoms with Crippen molar-refractivity contribution >= 4 is 84.7 Å². The number of amidine groups is 1. The molecule has 186 valence electrons. The lowest BCUT2D eigenvalue weighted by Gasteiger charge is -2.15. The SMILES string of the molecule is CCOCCN1C(=O)/C(=C/c2cc(Cl)c(OCc3ccc(I)cc3)c(Br)c2)SC1=Nc1ccccc1. The van der Waals surface area contributed by atoms with Crippen molar-refractivity contribution in [2.24, 2.45) is 4.99 Å². The highest BCUT2D eigenvalue weighted by Gasteiger charge is 2.33. The maximum absolute atomic E-state index is 13.3. The fraction of sp³-hybridized carbons (Fsp3) is 0.185. The lowest BCUT2D eigenvalue weighted by molar-refractivity contribution is -0.122. The van der Waals surface area contributed by atoms with Gasteiger partial charge in [0.05, 0.1) is 33.2 Å². The number of nitrogens with zero attached hydrogens (tertiary/aromatic N) is 2. The number of hydrogen-bond donors (Lipinski definition) is 0. The van der Waals surface area contributed by atoms with E-state index in [9.17, 15) is 4.79 Å². The maximum Gasteiger partial charge on any atom is 0.266 e. The summed E-state index contributed by atoms with van der Waals surface area (Å²) in [6.45, 7) is 3.79. The number of aliphatic imine (C=N–C) groups is 1. The Morgan fingerprint density at radius 3 is 2.58 bits per heavy atom. The predicted octanol–water partition coefficient (Wildman–Crippen LogP) is 7.93. The Balaban J connectivity index is 1.55.